The molecule has 0 bridgehead atoms. The molecule has 0 aliphatic rings. The van der Waals surface area contributed by atoms with Gasteiger partial charge < -0.3 is 14.2 Å². The molecule has 85 valence electrons. The minimum Gasteiger partial charge on any atom is -0.381 e. The lowest BCUT2D eigenvalue weighted by molar-refractivity contribution is 0.0773. The topological polar surface area (TPSA) is 27.7 Å². The van der Waals surface area contributed by atoms with Crippen LogP contribution in [0.15, 0.2) is 0 Å². The van der Waals surface area contributed by atoms with Gasteiger partial charge in [-0.1, -0.05) is 6.92 Å². The average Bonchev–Trinajstić information content (AvgIpc) is 2.21. The third-order valence-electron chi connectivity index (χ3n) is 1.59. The first-order valence-electron chi connectivity index (χ1n) is 5.50. The molecule has 0 saturated carbocycles. The van der Waals surface area contributed by atoms with Crippen LogP contribution in [0.1, 0.15) is 33.1 Å². The van der Waals surface area contributed by atoms with Gasteiger partial charge in [0.05, 0.1) is 6.61 Å². The Morgan fingerprint density at radius 1 is 0.929 bits per heavy atom. The molecule has 0 atom stereocenters. The summed E-state index contributed by atoms with van der Waals surface area (Å²) in [7, 11) is 0. The number of hydrogen-bond acceptors (Lipinski definition) is 3. The number of hydrogen-bond donors (Lipinski definition) is 0. The fraction of sp³-hybridized carbons (Fsp3) is 0.909. The van der Waals surface area contributed by atoms with Gasteiger partial charge in [0.25, 0.3) is 0 Å². The largest absolute Gasteiger partial charge is 0.381 e. The van der Waals surface area contributed by atoms with Gasteiger partial charge in [-0.25, -0.2) is 0 Å². The van der Waals surface area contributed by atoms with E-state index >= 15 is 0 Å². The molecular weight excluding hydrogens is 180 g/mol. The molecule has 0 amide bonds. The molecule has 0 N–H and O–H groups in total. The first-order valence-corrected chi connectivity index (χ1v) is 5.50. The lowest BCUT2D eigenvalue weighted by Gasteiger charge is -2.04. The van der Waals surface area contributed by atoms with Gasteiger partial charge >= 0.3 is 0 Å². The molecule has 0 rings (SSSR count). The van der Waals surface area contributed by atoms with E-state index in [0.717, 1.165) is 52.3 Å². The molecule has 14 heavy (non-hydrogen) atoms. The summed E-state index contributed by atoms with van der Waals surface area (Å²) in [6, 6.07) is 0. The van der Waals surface area contributed by atoms with Crippen LogP contribution in [0.3, 0.4) is 0 Å². The molecule has 0 saturated heterocycles. The van der Waals surface area contributed by atoms with E-state index in [4.69, 9.17) is 14.2 Å². The highest BCUT2D eigenvalue weighted by Crippen LogP contribution is 1.92. The van der Waals surface area contributed by atoms with Crippen LogP contribution in [0.25, 0.3) is 0 Å². The van der Waals surface area contributed by atoms with E-state index < -0.39 is 0 Å². The summed E-state index contributed by atoms with van der Waals surface area (Å²) in [4.78, 5) is 0. The van der Waals surface area contributed by atoms with Crippen molar-refractivity contribution in [2.24, 2.45) is 0 Å². The summed E-state index contributed by atoms with van der Waals surface area (Å²) in [5.74, 6) is 0. The molecule has 0 aromatic heterocycles. The Labute approximate surface area is 87.7 Å². The van der Waals surface area contributed by atoms with Crippen LogP contribution in [0.5, 0.6) is 0 Å². The van der Waals surface area contributed by atoms with E-state index in [2.05, 4.69) is 6.92 Å². The van der Waals surface area contributed by atoms with E-state index in [1.807, 2.05) is 6.92 Å². The highest BCUT2D eigenvalue weighted by Gasteiger charge is 1.91. The molecule has 3 heteroatoms. The van der Waals surface area contributed by atoms with Gasteiger partial charge in [-0.3, -0.25) is 0 Å². The summed E-state index contributed by atoms with van der Waals surface area (Å²) in [6.07, 6.45) is 2.93. The lowest BCUT2D eigenvalue weighted by Crippen LogP contribution is -2.03. The van der Waals surface area contributed by atoms with Gasteiger partial charge in [-0.2, -0.15) is 0 Å². The Morgan fingerprint density at radius 3 is 2.29 bits per heavy atom. The second kappa shape index (κ2) is 12.9. The van der Waals surface area contributed by atoms with Crippen LogP contribution in [0.2, 0.25) is 0 Å². The van der Waals surface area contributed by atoms with Crippen molar-refractivity contribution < 1.29 is 14.2 Å². The third kappa shape index (κ3) is 11.9. The predicted molar refractivity (Wildman–Crippen MR) is 57.1 cm³/mol. The molecule has 3 nitrogen and oxygen atoms in total. The van der Waals surface area contributed by atoms with E-state index in [1.165, 1.54) is 0 Å². The van der Waals surface area contributed by atoms with Crippen molar-refractivity contribution in [3.63, 3.8) is 0 Å². The lowest BCUT2D eigenvalue weighted by atomic mass is 10.4. The highest BCUT2D eigenvalue weighted by atomic mass is 16.5. The smallest absolute Gasteiger partial charge is 0.0859 e. The Balaban J connectivity index is 2.78. The highest BCUT2D eigenvalue weighted by molar-refractivity contribution is 4.48. The minimum atomic E-state index is 0.741. The van der Waals surface area contributed by atoms with Crippen LogP contribution in [0, 0.1) is 6.61 Å². The molecule has 0 aromatic rings. The van der Waals surface area contributed by atoms with Crippen LogP contribution < -0.4 is 0 Å². The minimum absolute atomic E-state index is 0.741. The maximum Gasteiger partial charge on any atom is 0.0859 e. The Kier molecular flexibility index (Phi) is 12.8. The van der Waals surface area contributed by atoms with E-state index in [-0.39, 0.29) is 0 Å². The van der Waals surface area contributed by atoms with Gasteiger partial charge in [0.1, 0.15) is 0 Å². The average molecular weight is 203 g/mol. The second-order valence-electron chi connectivity index (χ2n) is 2.99. The molecule has 0 aromatic carbocycles. The molecule has 0 fully saturated rings. The van der Waals surface area contributed by atoms with E-state index in [9.17, 15) is 0 Å². The zero-order valence-corrected chi connectivity index (χ0v) is 9.46. The summed E-state index contributed by atoms with van der Waals surface area (Å²) < 4.78 is 15.7. The molecule has 0 heterocycles. The van der Waals surface area contributed by atoms with E-state index in [0.29, 0.717) is 0 Å². The van der Waals surface area contributed by atoms with Gasteiger partial charge in [0, 0.05) is 33.0 Å². The van der Waals surface area contributed by atoms with Crippen molar-refractivity contribution >= 4 is 0 Å². The van der Waals surface area contributed by atoms with Gasteiger partial charge in [0.2, 0.25) is 0 Å². The zero-order valence-electron chi connectivity index (χ0n) is 9.46. The summed E-state index contributed by atoms with van der Waals surface area (Å²) in [5, 5.41) is 0. The SMILES string of the molecule is CCCOCCCOCC[CH]OCC. The molecule has 0 aliphatic carbocycles. The van der Waals surface area contributed by atoms with Crippen LogP contribution in [0.4, 0.5) is 0 Å². The van der Waals surface area contributed by atoms with Crippen molar-refractivity contribution in [1.82, 2.24) is 0 Å². The second-order valence-corrected chi connectivity index (χ2v) is 2.99. The molecular formula is C11H23O3. The predicted octanol–water partition coefficient (Wildman–Crippen LogP) is 2.41. The zero-order chi connectivity index (χ0) is 10.5. The van der Waals surface area contributed by atoms with Crippen LogP contribution in [-0.4, -0.2) is 33.0 Å². The van der Waals surface area contributed by atoms with Crippen molar-refractivity contribution in [2.75, 3.05) is 33.0 Å². The van der Waals surface area contributed by atoms with Gasteiger partial charge in [-0.15, -0.1) is 0 Å². The Hall–Kier alpha value is -0.120. The van der Waals surface area contributed by atoms with E-state index in [1.54, 1.807) is 6.61 Å². The quantitative estimate of drug-likeness (QED) is 0.483. The molecule has 0 spiro atoms. The monoisotopic (exact) mass is 203 g/mol. The van der Waals surface area contributed by atoms with Crippen molar-refractivity contribution in [2.45, 2.75) is 33.1 Å². The van der Waals surface area contributed by atoms with Gasteiger partial charge in [0.15, 0.2) is 0 Å². The standard InChI is InChI=1S/C11H23O3/c1-3-7-13-9-6-11-14-10-5-8-12-4-2/h8H,3-7,9-11H2,1-2H3. The first kappa shape index (κ1) is 13.9. The molecule has 0 aliphatic heterocycles. The van der Waals surface area contributed by atoms with Crippen molar-refractivity contribution in [3.8, 4) is 0 Å². The normalized spacial score (nSPS) is 10.7. The fourth-order valence-electron chi connectivity index (χ4n) is 0.944. The summed E-state index contributed by atoms with van der Waals surface area (Å²) in [6.45, 7) is 9.82. The Morgan fingerprint density at radius 2 is 1.64 bits per heavy atom. The maximum atomic E-state index is 5.37. The Bertz CT molecular complexity index is 84.5. The first-order chi connectivity index (χ1) is 6.91. The number of rotatable bonds is 11. The molecule has 1 radical (unpaired) electrons. The van der Waals surface area contributed by atoms with Crippen molar-refractivity contribution in [3.05, 3.63) is 6.61 Å². The maximum absolute atomic E-state index is 5.37. The summed E-state index contributed by atoms with van der Waals surface area (Å²) >= 11 is 0. The van der Waals surface area contributed by atoms with Crippen LogP contribution >= 0.6 is 0 Å². The van der Waals surface area contributed by atoms with Crippen LogP contribution in [-0.2, 0) is 14.2 Å². The van der Waals surface area contributed by atoms with Gasteiger partial charge in [-0.05, 0) is 26.2 Å². The number of ether oxygens (including phenoxy) is 3. The third-order valence-corrected chi connectivity index (χ3v) is 1.59. The molecule has 0 unspecified atom stereocenters. The fourth-order valence-corrected chi connectivity index (χ4v) is 0.944. The summed E-state index contributed by atoms with van der Waals surface area (Å²) in [5.41, 5.74) is 0. The van der Waals surface area contributed by atoms with Crippen molar-refractivity contribution in [1.29, 1.82) is 0 Å².